The number of carbonyl (C=O) groups excluding carboxylic acids is 1. The van der Waals surface area contributed by atoms with E-state index in [1.807, 2.05) is 18.2 Å². The van der Waals surface area contributed by atoms with E-state index < -0.39 is 6.10 Å². The van der Waals surface area contributed by atoms with Gasteiger partial charge in [0.1, 0.15) is 0 Å². The molecule has 1 atom stereocenters. The fraction of sp³-hybridized carbons (Fsp3) is 0.611. The summed E-state index contributed by atoms with van der Waals surface area (Å²) in [6.07, 6.45) is 5.75. The summed E-state index contributed by atoms with van der Waals surface area (Å²) in [6.45, 7) is 4.47. The molecule has 3 nitrogen and oxygen atoms in total. The maximum atomic E-state index is 11.5. The van der Waals surface area contributed by atoms with Crippen molar-refractivity contribution in [2.24, 2.45) is 11.3 Å². The Balaban J connectivity index is 1.88. The number of hydrogen-bond acceptors (Lipinski definition) is 2. The summed E-state index contributed by atoms with van der Waals surface area (Å²) in [6, 6.07) is 5.95. The molecule has 114 valence electrons. The van der Waals surface area contributed by atoms with E-state index in [2.05, 4.69) is 19.2 Å². The van der Waals surface area contributed by atoms with E-state index in [-0.39, 0.29) is 11.3 Å². The molecule has 1 aromatic rings. The summed E-state index contributed by atoms with van der Waals surface area (Å²) in [5.41, 5.74) is 2.93. The average molecular weight is 287 g/mol. The standard InChI is InChI=1S/C18H25NO2/c1-12(2)11-18(7-3-4-8-18)17(21)13-5-6-15-14(9-13)10-16(20)19-15/h5-6,9,12,17,21H,3-4,7-8,10-11H2,1-2H3,(H,19,20). The predicted octanol–water partition coefficient (Wildman–Crippen LogP) is 3.82. The molecule has 1 heterocycles. The van der Waals surface area contributed by atoms with E-state index in [1.165, 1.54) is 12.8 Å². The van der Waals surface area contributed by atoms with E-state index >= 15 is 0 Å². The van der Waals surface area contributed by atoms with Crippen LogP contribution in [0.15, 0.2) is 18.2 Å². The van der Waals surface area contributed by atoms with E-state index in [0.717, 1.165) is 36.1 Å². The van der Waals surface area contributed by atoms with E-state index in [0.29, 0.717) is 12.3 Å². The van der Waals surface area contributed by atoms with Crippen molar-refractivity contribution < 1.29 is 9.90 Å². The number of carbonyl (C=O) groups is 1. The normalized spacial score (nSPS) is 21.4. The number of anilines is 1. The lowest BCUT2D eigenvalue weighted by Crippen LogP contribution is -2.27. The molecule has 1 unspecified atom stereocenters. The van der Waals surface area contributed by atoms with Crippen LogP contribution in [0.4, 0.5) is 5.69 Å². The third-order valence-electron chi connectivity index (χ3n) is 5.06. The summed E-state index contributed by atoms with van der Waals surface area (Å²) in [5, 5.41) is 13.9. The lowest BCUT2D eigenvalue weighted by atomic mass is 9.72. The monoisotopic (exact) mass is 287 g/mol. The highest BCUT2D eigenvalue weighted by atomic mass is 16.3. The van der Waals surface area contributed by atoms with Gasteiger partial charge >= 0.3 is 0 Å². The minimum atomic E-state index is -0.414. The van der Waals surface area contributed by atoms with Gasteiger partial charge in [-0.05, 0) is 42.4 Å². The first-order valence-electron chi connectivity index (χ1n) is 8.11. The van der Waals surface area contributed by atoms with Crippen molar-refractivity contribution in [2.75, 3.05) is 5.32 Å². The molecule has 1 amide bonds. The lowest BCUT2D eigenvalue weighted by molar-refractivity contribution is -0.115. The van der Waals surface area contributed by atoms with Crippen molar-refractivity contribution in [1.82, 2.24) is 0 Å². The zero-order valence-corrected chi connectivity index (χ0v) is 13.0. The summed E-state index contributed by atoms with van der Waals surface area (Å²) in [7, 11) is 0. The quantitative estimate of drug-likeness (QED) is 0.884. The predicted molar refractivity (Wildman–Crippen MR) is 84.1 cm³/mol. The number of aliphatic hydroxyl groups excluding tert-OH is 1. The molecule has 2 N–H and O–H groups in total. The number of fused-ring (bicyclic) bond motifs is 1. The SMILES string of the molecule is CC(C)CC1(C(O)c2ccc3c(c2)CC(=O)N3)CCCC1. The first-order valence-corrected chi connectivity index (χ1v) is 8.11. The molecule has 0 radical (unpaired) electrons. The third kappa shape index (κ3) is 2.71. The highest BCUT2D eigenvalue weighted by Crippen LogP contribution is 2.52. The summed E-state index contributed by atoms with van der Waals surface area (Å²) >= 11 is 0. The molecule has 0 saturated heterocycles. The number of aliphatic hydroxyl groups is 1. The van der Waals surface area contributed by atoms with Gasteiger partial charge in [0.05, 0.1) is 12.5 Å². The molecule has 3 rings (SSSR count). The second-order valence-electron chi connectivity index (χ2n) is 7.21. The third-order valence-corrected chi connectivity index (χ3v) is 5.06. The van der Waals surface area contributed by atoms with E-state index in [1.54, 1.807) is 0 Å². The number of nitrogens with one attached hydrogen (secondary N) is 1. The van der Waals surface area contributed by atoms with Crippen molar-refractivity contribution in [3.8, 4) is 0 Å². The Morgan fingerprint density at radius 2 is 2.00 bits per heavy atom. The molecule has 0 aromatic heterocycles. The Morgan fingerprint density at radius 3 is 2.67 bits per heavy atom. The smallest absolute Gasteiger partial charge is 0.228 e. The van der Waals surface area contributed by atoms with Crippen molar-refractivity contribution in [3.05, 3.63) is 29.3 Å². The van der Waals surface area contributed by atoms with Gasteiger partial charge in [0, 0.05) is 11.1 Å². The topological polar surface area (TPSA) is 49.3 Å². The molecule has 1 fully saturated rings. The highest BCUT2D eigenvalue weighted by Gasteiger charge is 2.41. The molecular weight excluding hydrogens is 262 g/mol. The molecule has 1 aliphatic heterocycles. The second-order valence-corrected chi connectivity index (χ2v) is 7.21. The number of rotatable bonds is 4. The van der Waals surface area contributed by atoms with Crippen LogP contribution in [0.5, 0.6) is 0 Å². The molecule has 1 saturated carbocycles. The highest BCUT2D eigenvalue weighted by molar-refractivity contribution is 5.99. The molecule has 21 heavy (non-hydrogen) atoms. The van der Waals surface area contributed by atoms with Crippen LogP contribution in [0.3, 0.4) is 0 Å². The molecule has 0 bridgehead atoms. The van der Waals surface area contributed by atoms with Gasteiger partial charge < -0.3 is 10.4 Å². The van der Waals surface area contributed by atoms with Crippen LogP contribution in [0.25, 0.3) is 0 Å². The van der Waals surface area contributed by atoms with Crippen molar-refractivity contribution in [1.29, 1.82) is 0 Å². The van der Waals surface area contributed by atoms with Gasteiger partial charge in [-0.2, -0.15) is 0 Å². The van der Waals surface area contributed by atoms with Crippen LogP contribution < -0.4 is 5.32 Å². The fourth-order valence-electron chi connectivity index (χ4n) is 4.25. The minimum absolute atomic E-state index is 0.0262. The van der Waals surface area contributed by atoms with Crippen molar-refractivity contribution >= 4 is 11.6 Å². The Labute approximate surface area is 126 Å². The van der Waals surface area contributed by atoms with Crippen LogP contribution >= 0.6 is 0 Å². The van der Waals surface area contributed by atoms with Crippen LogP contribution in [-0.2, 0) is 11.2 Å². The summed E-state index contributed by atoms with van der Waals surface area (Å²) in [5.74, 6) is 0.643. The Hall–Kier alpha value is -1.35. The summed E-state index contributed by atoms with van der Waals surface area (Å²) in [4.78, 5) is 11.5. The molecule has 0 spiro atoms. The zero-order valence-electron chi connectivity index (χ0n) is 13.0. The van der Waals surface area contributed by atoms with Crippen LogP contribution in [0, 0.1) is 11.3 Å². The van der Waals surface area contributed by atoms with Gasteiger partial charge in [-0.25, -0.2) is 0 Å². The number of benzene rings is 1. The Bertz CT molecular complexity index is 544. The average Bonchev–Trinajstić information content (AvgIpc) is 3.02. The van der Waals surface area contributed by atoms with Crippen molar-refractivity contribution in [3.63, 3.8) is 0 Å². The van der Waals surface area contributed by atoms with Gasteiger partial charge in [-0.15, -0.1) is 0 Å². The molecule has 1 aromatic carbocycles. The largest absolute Gasteiger partial charge is 0.388 e. The lowest BCUT2D eigenvalue weighted by Gasteiger charge is -2.36. The van der Waals surface area contributed by atoms with Gasteiger partial charge in [0.25, 0.3) is 0 Å². The van der Waals surface area contributed by atoms with E-state index in [9.17, 15) is 9.90 Å². The van der Waals surface area contributed by atoms with Gasteiger partial charge in [0.2, 0.25) is 5.91 Å². The Kier molecular flexibility index (Phi) is 3.78. The first-order chi connectivity index (χ1) is 10.00. The van der Waals surface area contributed by atoms with Crippen LogP contribution in [0.1, 0.15) is 63.2 Å². The van der Waals surface area contributed by atoms with Crippen LogP contribution in [0.2, 0.25) is 0 Å². The number of hydrogen-bond donors (Lipinski definition) is 2. The van der Waals surface area contributed by atoms with Crippen molar-refractivity contribution in [2.45, 2.75) is 58.5 Å². The zero-order chi connectivity index (χ0) is 15.0. The maximum absolute atomic E-state index is 11.5. The van der Waals surface area contributed by atoms with Gasteiger partial charge in [-0.3, -0.25) is 4.79 Å². The van der Waals surface area contributed by atoms with Crippen LogP contribution in [-0.4, -0.2) is 11.0 Å². The molecular formula is C18H25NO2. The molecule has 2 aliphatic rings. The first kappa shape index (κ1) is 14.6. The Morgan fingerprint density at radius 1 is 1.29 bits per heavy atom. The van der Waals surface area contributed by atoms with Gasteiger partial charge in [-0.1, -0.05) is 38.8 Å². The van der Waals surface area contributed by atoms with Gasteiger partial charge in [0.15, 0.2) is 0 Å². The number of amides is 1. The van der Waals surface area contributed by atoms with E-state index in [4.69, 9.17) is 0 Å². The maximum Gasteiger partial charge on any atom is 0.228 e. The molecule has 3 heteroatoms. The molecule has 1 aliphatic carbocycles. The fourth-order valence-corrected chi connectivity index (χ4v) is 4.25. The second kappa shape index (κ2) is 5.45. The minimum Gasteiger partial charge on any atom is -0.388 e. The summed E-state index contributed by atoms with van der Waals surface area (Å²) < 4.78 is 0.